The fraction of sp³-hybridized carbons (Fsp3) is 0.316. The van der Waals surface area contributed by atoms with E-state index in [1.165, 1.54) is 0 Å². The van der Waals surface area contributed by atoms with Crippen LogP contribution in [0.5, 0.6) is 0 Å². The van der Waals surface area contributed by atoms with E-state index in [1.54, 1.807) is 28.0 Å². The van der Waals surface area contributed by atoms with Crippen molar-refractivity contribution in [1.29, 1.82) is 0 Å². The van der Waals surface area contributed by atoms with E-state index in [2.05, 4.69) is 11.1 Å². The molecule has 0 atom stereocenters. The number of carbonyl (C=O) groups excluding carboxylic acids is 1. The lowest BCUT2D eigenvalue weighted by Gasteiger charge is -2.16. The first kappa shape index (κ1) is 17.9. The van der Waals surface area contributed by atoms with Crippen LogP contribution in [0.3, 0.4) is 0 Å². The molecule has 0 bridgehead atoms. The Morgan fingerprint density at radius 2 is 2.12 bits per heavy atom. The standard InChI is InChI=1S/C19H21N3OS2/c1-22(16(23)10-12-24-2)19-17(14-7-4-3-5-8-14)21-18(25-19)15-9-6-11-20-13-15/h3-5,7-9,13H,6,10-12H2,1-2H3. The number of aromatic nitrogens is 1. The SMILES string of the molecule is CSCCC(=O)N(C)c1sc(C2=CCCN=C2)nc1-c1ccccc1. The van der Waals surface area contributed by atoms with Crippen molar-refractivity contribution in [3.63, 3.8) is 0 Å². The number of allylic oxidation sites excluding steroid dienone is 1. The monoisotopic (exact) mass is 371 g/mol. The summed E-state index contributed by atoms with van der Waals surface area (Å²) in [6.45, 7) is 0.834. The average Bonchev–Trinajstić information content (AvgIpc) is 3.12. The summed E-state index contributed by atoms with van der Waals surface area (Å²) >= 11 is 3.24. The average molecular weight is 372 g/mol. The summed E-state index contributed by atoms with van der Waals surface area (Å²) in [6, 6.07) is 10.0. The zero-order chi connectivity index (χ0) is 17.6. The molecule has 0 unspecified atom stereocenters. The van der Waals surface area contributed by atoms with Gasteiger partial charge >= 0.3 is 0 Å². The first-order valence-corrected chi connectivity index (χ1v) is 10.4. The van der Waals surface area contributed by atoms with Crippen molar-refractivity contribution < 1.29 is 4.79 Å². The van der Waals surface area contributed by atoms with E-state index in [0.29, 0.717) is 6.42 Å². The van der Waals surface area contributed by atoms with Crippen LogP contribution >= 0.6 is 23.1 Å². The van der Waals surface area contributed by atoms with Gasteiger partial charge in [-0.2, -0.15) is 11.8 Å². The number of carbonyl (C=O) groups is 1. The Balaban J connectivity index is 2.00. The zero-order valence-corrected chi connectivity index (χ0v) is 16.1. The summed E-state index contributed by atoms with van der Waals surface area (Å²) < 4.78 is 0. The highest BCUT2D eigenvalue weighted by molar-refractivity contribution is 7.98. The third-order valence-electron chi connectivity index (χ3n) is 3.96. The van der Waals surface area contributed by atoms with Gasteiger partial charge in [-0.05, 0) is 12.7 Å². The van der Waals surface area contributed by atoms with Crippen LogP contribution in [0, 0.1) is 0 Å². The van der Waals surface area contributed by atoms with Crippen LogP contribution in [0.25, 0.3) is 16.8 Å². The van der Waals surface area contributed by atoms with Crippen LogP contribution in [0.2, 0.25) is 0 Å². The fourth-order valence-electron chi connectivity index (χ4n) is 2.57. The lowest BCUT2D eigenvalue weighted by Crippen LogP contribution is -2.26. The minimum absolute atomic E-state index is 0.119. The maximum absolute atomic E-state index is 12.5. The molecule has 1 amide bonds. The topological polar surface area (TPSA) is 45.6 Å². The molecule has 0 saturated heterocycles. The highest BCUT2D eigenvalue weighted by atomic mass is 32.2. The number of dihydropyridines is 1. The molecular formula is C19H21N3OS2. The van der Waals surface area contributed by atoms with E-state index in [-0.39, 0.29) is 5.91 Å². The van der Waals surface area contributed by atoms with E-state index >= 15 is 0 Å². The predicted molar refractivity (Wildman–Crippen MR) is 110 cm³/mol. The van der Waals surface area contributed by atoms with Crippen LogP contribution < -0.4 is 4.90 Å². The van der Waals surface area contributed by atoms with Crippen molar-refractivity contribution in [3.8, 4) is 11.3 Å². The Morgan fingerprint density at radius 3 is 2.80 bits per heavy atom. The Bertz CT molecular complexity index is 796. The number of hydrogen-bond donors (Lipinski definition) is 0. The first-order valence-electron chi connectivity index (χ1n) is 8.23. The van der Waals surface area contributed by atoms with Crippen molar-refractivity contribution in [2.75, 3.05) is 30.5 Å². The van der Waals surface area contributed by atoms with Gasteiger partial charge in [0.15, 0.2) is 0 Å². The van der Waals surface area contributed by atoms with Gasteiger partial charge in [0.05, 0.1) is 0 Å². The number of nitrogens with zero attached hydrogens (tertiary/aromatic N) is 3. The van der Waals surface area contributed by atoms with E-state index < -0.39 is 0 Å². The van der Waals surface area contributed by atoms with Gasteiger partial charge in [-0.3, -0.25) is 9.79 Å². The van der Waals surface area contributed by atoms with E-state index in [9.17, 15) is 4.79 Å². The Morgan fingerprint density at radius 1 is 1.32 bits per heavy atom. The number of anilines is 1. The molecule has 6 heteroatoms. The molecule has 0 saturated carbocycles. The van der Waals surface area contributed by atoms with Crippen LogP contribution in [0.15, 0.2) is 41.4 Å². The fourth-order valence-corrected chi connectivity index (χ4v) is 4.02. The molecule has 1 aromatic carbocycles. The van der Waals surface area contributed by atoms with Gasteiger partial charge in [0.2, 0.25) is 5.91 Å². The molecular weight excluding hydrogens is 350 g/mol. The minimum atomic E-state index is 0.119. The number of amides is 1. The molecule has 0 spiro atoms. The summed E-state index contributed by atoms with van der Waals surface area (Å²) in [7, 11) is 1.84. The quantitative estimate of drug-likeness (QED) is 0.757. The molecule has 2 aromatic rings. The molecule has 4 nitrogen and oxygen atoms in total. The highest BCUT2D eigenvalue weighted by Crippen LogP contribution is 2.38. The van der Waals surface area contributed by atoms with Gasteiger partial charge in [0.1, 0.15) is 15.7 Å². The second-order valence-electron chi connectivity index (χ2n) is 5.72. The smallest absolute Gasteiger partial charge is 0.228 e. The molecule has 25 heavy (non-hydrogen) atoms. The third-order valence-corrected chi connectivity index (χ3v) is 5.75. The maximum Gasteiger partial charge on any atom is 0.228 e. The van der Waals surface area contributed by atoms with Gasteiger partial charge in [0.25, 0.3) is 0 Å². The molecule has 0 fully saturated rings. The number of rotatable bonds is 6. The summed E-state index contributed by atoms with van der Waals surface area (Å²) in [6.07, 6.45) is 7.53. The number of hydrogen-bond acceptors (Lipinski definition) is 5. The molecule has 3 rings (SSSR count). The second-order valence-corrected chi connectivity index (χ2v) is 7.68. The Hall–Kier alpha value is -1.92. The summed E-state index contributed by atoms with van der Waals surface area (Å²) in [5.74, 6) is 0.945. The van der Waals surface area contributed by atoms with Crippen molar-refractivity contribution in [1.82, 2.24) is 4.98 Å². The normalized spacial score (nSPS) is 13.6. The largest absolute Gasteiger partial charge is 0.305 e. The van der Waals surface area contributed by atoms with Crippen LogP contribution in [0.4, 0.5) is 5.00 Å². The summed E-state index contributed by atoms with van der Waals surface area (Å²) in [4.78, 5) is 23.5. The summed E-state index contributed by atoms with van der Waals surface area (Å²) in [5, 5.41) is 1.81. The third kappa shape index (κ3) is 4.19. The molecule has 0 aliphatic carbocycles. The lowest BCUT2D eigenvalue weighted by molar-refractivity contribution is -0.117. The molecule has 1 aromatic heterocycles. The van der Waals surface area contributed by atoms with Crippen molar-refractivity contribution in [3.05, 3.63) is 41.4 Å². The maximum atomic E-state index is 12.5. The van der Waals surface area contributed by atoms with Gasteiger partial charge in [0, 0.05) is 43.1 Å². The first-order chi connectivity index (χ1) is 12.2. The Labute approximate surface area is 156 Å². The van der Waals surface area contributed by atoms with E-state index in [0.717, 1.165) is 45.6 Å². The molecule has 130 valence electrons. The van der Waals surface area contributed by atoms with Crippen LogP contribution in [-0.2, 0) is 4.79 Å². The van der Waals surface area contributed by atoms with Crippen LogP contribution in [0.1, 0.15) is 17.8 Å². The van der Waals surface area contributed by atoms with E-state index in [1.807, 2.05) is 49.8 Å². The lowest BCUT2D eigenvalue weighted by atomic mass is 10.1. The number of benzene rings is 1. The molecule has 1 aliphatic heterocycles. The molecule has 2 heterocycles. The number of aliphatic imine (C=N–C) groups is 1. The Kier molecular flexibility index (Phi) is 6.04. The highest BCUT2D eigenvalue weighted by Gasteiger charge is 2.22. The van der Waals surface area contributed by atoms with Gasteiger partial charge in [-0.15, -0.1) is 0 Å². The minimum Gasteiger partial charge on any atom is -0.305 e. The van der Waals surface area contributed by atoms with Crippen molar-refractivity contribution >= 4 is 45.8 Å². The van der Waals surface area contributed by atoms with Crippen LogP contribution in [-0.4, -0.2) is 42.7 Å². The number of thioether (sulfide) groups is 1. The van der Waals surface area contributed by atoms with Crippen molar-refractivity contribution in [2.24, 2.45) is 4.99 Å². The predicted octanol–water partition coefficient (Wildman–Crippen LogP) is 4.38. The van der Waals surface area contributed by atoms with E-state index in [4.69, 9.17) is 4.98 Å². The van der Waals surface area contributed by atoms with Crippen molar-refractivity contribution in [2.45, 2.75) is 12.8 Å². The summed E-state index contributed by atoms with van der Waals surface area (Å²) in [5.41, 5.74) is 2.93. The molecule has 0 radical (unpaired) electrons. The van der Waals surface area contributed by atoms with Gasteiger partial charge in [-0.25, -0.2) is 4.98 Å². The van der Waals surface area contributed by atoms with Gasteiger partial charge < -0.3 is 4.90 Å². The number of thiazole rings is 1. The molecule has 1 aliphatic rings. The molecule has 0 N–H and O–H groups in total. The van der Waals surface area contributed by atoms with Gasteiger partial charge in [-0.1, -0.05) is 47.7 Å². The zero-order valence-electron chi connectivity index (χ0n) is 14.4. The second kappa shape index (κ2) is 8.45.